The van der Waals surface area contributed by atoms with Gasteiger partial charge in [0, 0.05) is 19.0 Å². The number of aryl methyl sites for hydroxylation is 1. The average molecular weight is 445 g/mol. The van der Waals surface area contributed by atoms with Crippen molar-refractivity contribution in [3.05, 3.63) is 70.4 Å². The second kappa shape index (κ2) is 13.7. The van der Waals surface area contributed by atoms with Gasteiger partial charge >= 0.3 is 0 Å². The Kier molecular flexibility index (Phi) is 10.9. The van der Waals surface area contributed by atoms with Crippen molar-refractivity contribution in [2.24, 2.45) is 0 Å². The van der Waals surface area contributed by atoms with Crippen LogP contribution in [-0.2, 0) is 17.6 Å². The molecule has 0 saturated heterocycles. The number of nitrogens with one attached hydrogen (secondary N) is 2. The lowest BCUT2D eigenvalue weighted by Crippen LogP contribution is -2.14. The summed E-state index contributed by atoms with van der Waals surface area (Å²) in [5.74, 6) is 1.56. The summed E-state index contributed by atoms with van der Waals surface area (Å²) in [6.45, 7) is 10.9. The van der Waals surface area contributed by atoms with Gasteiger partial charge in [-0.15, -0.1) is 0 Å². The molecule has 0 fully saturated rings. The third-order valence-electron chi connectivity index (χ3n) is 4.91. The number of hydrogen-bond acceptors (Lipinski definition) is 5. The standard InChI is InChI=1S/C20H28ClN3O2.C4H5N/c1-5-17-19(21)20(24-13-23-17)22-10-12-26-18-8-7-16(9-11-25-6-2)14(3)15(18)4;1-2-4-5-3-1/h7-8,13H,5-6,9-12H2,1-4H3,(H,22,23,24);1-5H. The normalized spacial score (nSPS) is 10.4. The minimum Gasteiger partial charge on any atom is -0.491 e. The second-order valence-electron chi connectivity index (χ2n) is 6.92. The van der Waals surface area contributed by atoms with Gasteiger partial charge in [-0.2, -0.15) is 0 Å². The number of benzene rings is 1. The predicted molar refractivity (Wildman–Crippen MR) is 127 cm³/mol. The van der Waals surface area contributed by atoms with E-state index < -0.39 is 0 Å². The Morgan fingerprint density at radius 1 is 1.03 bits per heavy atom. The van der Waals surface area contributed by atoms with Gasteiger partial charge in [-0.05, 0) is 68.5 Å². The van der Waals surface area contributed by atoms with Gasteiger partial charge in [-0.3, -0.25) is 0 Å². The maximum absolute atomic E-state index is 6.28. The number of aromatic amines is 1. The first-order valence-corrected chi connectivity index (χ1v) is 11.1. The van der Waals surface area contributed by atoms with E-state index in [2.05, 4.69) is 40.2 Å². The molecule has 3 rings (SSSR count). The Balaban J connectivity index is 0.000000597. The first-order valence-electron chi connectivity index (χ1n) is 10.7. The topological polar surface area (TPSA) is 72.1 Å². The lowest BCUT2D eigenvalue weighted by molar-refractivity contribution is 0.151. The van der Waals surface area contributed by atoms with Crippen molar-refractivity contribution in [3.63, 3.8) is 0 Å². The van der Waals surface area contributed by atoms with Crippen molar-refractivity contribution in [2.45, 2.75) is 40.5 Å². The first-order chi connectivity index (χ1) is 15.1. The fourth-order valence-corrected chi connectivity index (χ4v) is 3.29. The van der Waals surface area contributed by atoms with Crippen molar-refractivity contribution < 1.29 is 9.47 Å². The van der Waals surface area contributed by atoms with Crippen LogP contribution in [0.5, 0.6) is 5.75 Å². The molecule has 2 aromatic heterocycles. The summed E-state index contributed by atoms with van der Waals surface area (Å²) in [5.41, 5.74) is 4.59. The Morgan fingerprint density at radius 2 is 1.81 bits per heavy atom. The number of nitrogens with zero attached hydrogens (tertiary/aromatic N) is 2. The number of H-pyrrole nitrogens is 1. The molecule has 0 bridgehead atoms. The van der Waals surface area contributed by atoms with Gasteiger partial charge in [0.05, 0.1) is 18.8 Å². The van der Waals surface area contributed by atoms with Gasteiger partial charge < -0.3 is 19.8 Å². The zero-order valence-electron chi connectivity index (χ0n) is 18.9. The van der Waals surface area contributed by atoms with Crippen molar-refractivity contribution in [3.8, 4) is 5.75 Å². The lowest BCUT2D eigenvalue weighted by Gasteiger charge is -2.15. The van der Waals surface area contributed by atoms with Crippen LogP contribution in [0.15, 0.2) is 43.0 Å². The summed E-state index contributed by atoms with van der Waals surface area (Å²) < 4.78 is 11.4. The number of rotatable bonds is 10. The summed E-state index contributed by atoms with van der Waals surface area (Å²) in [4.78, 5) is 11.2. The molecule has 6 nitrogen and oxygen atoms in total. The van der Waals surface area contributed by atoms with Crippen molar-refractivity contribution in [1.29, 1.82) is 0 Å². The third kappa shape index (κ3) is 7.89. The predicted octanol–water partition coefficient (Wildman–Crippen LogP) is 5.39. The fraction of sp³-hybridized carbons (Fsp3) is 0.417. The SMILES string of the molecule is CCOCCc1ccc(OCCNc2ncnc(CC)c2Cl)c(C)c1C.c1cc[nH]c1. The van der Waals surface area contributed by atoms with Crippen LogP contribution in [0.4, 0.5) is 5.82 Å². The van der Waals surface area contributed by atoms with Crippen LogP contribution in [0, 0.1) is 13.8 Å². The highest BCUT2D eigenvalue weighted by Crippen LogP contribution is 2.25. The molecule has 2 N–H and O–H groups in total. The zero-order chi connectivity index (χ0) is 22.5. The van der Waals surface area contributed by atoms with Gasteiger partial charge in [0.15, 0.2) is 0 Å². The molecule has 0 radical (unpaired) electrons. The molecule has 0 aliphatic rings. The van der Waals surface area contributed by atoms with Gasteiger partial charge in [0.2, 0.25) is 0 Å². The summed E-state index contributed by atoms with van der Waals surface area (Å²) in [6, 6.07) is 8.05. The summed E-state index contributed by atoms with van der Waals surface area (Å²) in [6.07, 6.45) is 6.98. The molecular weight excluding hydrogens is 412 g/mol. The average Bonchev–Trinajstić information content (AvgIpc) is 3.37. The van der Waals surface area contributed by atoms with Crippen molar-refractivity contribution in [1.82, 2.24) is 15.0 Å². The van der Waals surface area contributed by atoms with E-state index in [4.69, 9.17) is 21.1 Å². The molecule has 31 heavy (non-hydrogen) atoms. The van der Waals surface area contributed by atoms with Crippen LogP contribution in [0.25, 0.3) is 0 Å². The van der Waals surface area contributed by atoms with E-state index in [1.165, 1.54) is 23.0 Å². The minimum absolute atomic E-state index is 0.528. The minimum atomic E-state index is 0.528. The molecule has 0 saturated carbocycles. The largest absolute Gasteiger partial charge is 0.491 e. The number of anilines is 1. The monoisotopic (exact) mass is 444 g/mol. The smallest absolute Gasteiger partial charge is 0.148 e. The number of ether oxygens (including phenoxy) is 2. The van der Waals surface area contributed by atoms with Gasteiger partial charge in [0.25, 0.3) is 0 Å². The number of aromatic nitrogens is 3. The van der Waals surface area contributed by atoms with E-state index in [0.717, 1.165) is 37.5 Å². The molecule has 0 spiro atoms. The van der Waals surface area contributed by atoms with E-state index in [-0.39, 0.29) is 0 Å². The number of halogens is 1. The van der Waals surface area contributed by atoms with E-state index in [1.54, 1.807) is 0 Å². The molecule has 7 heteroatoms. The number of hydrogen-bond donors (Lipinski definition) is 2. The highest BCUT2D eigenvalue weighted by molar-refractivity contribution is 6.33. The van der Waals surface area contributed by atoms with Crippen molar-refractivity contribution >= 4 is 17.4 Å². The summed E-state index contributed by atoms with van der Waals surface area (Å²) in [5, 5.41) is 3.80. The Hall–Kier alpha value is -2.57. The van der Waals surface area contributed by atoms with Gasteiger partial charge in [-0.1, -0.05) is 24.6 Å². The van der Waals surface area contributed by atoms with Crippen LogP contribution in [0.1, 0.15) is 36.2 Å². The van der Waals surface area contributed by atoms with Crippen LogP contribution in [0.2, 0.25) is 5.02 Å². The van der Waals surface area contributed by atoms with Gasteiger partial charge in [0.1, 0.15) is 29.5 Å². The maximum atomic E-state index is 6.28. The second-order valence-corrected chi connectivity index (χ2v) is 7.29. The molecular formula is C24H33ClN4O2. The Labute approximate surface area is 190 Å². The lowest BCUT2D eigenvalue weighted by atomic mass is 10.0. The molecule has 168 valence electrons. The molecule has 0 amide bonds. The quantitative estimate of drug-likeness (QED) is 0.410. The van der Waals surface area contributed by atoms with Crippen LogP contribution < -0.4 is 10.1 Å². The summed E-state index contributed by atoms with van der Waals surface area (Å²) in [7, 11) is 0. The van der Waals surface area contributed by atoms with Crippen molar-refractivity contribution in [2.75, 3.05) is 31.7 Å². The summed E-state index contributed by atoms with van der Waals surface area (Å²) >= 11 is 6.28. The fourth-order valence-electron chi connectivity index (χ4n) is 2.99. The molecule has 0 aliphatic carbocycles. The van der Waals surface area contributed by atoms with E-state index in [0.29, 0.717) is 24.0 Å². The van der Waals surface area contributed by atoms with E-state index in [9.17, 15) is 0 Å². The molecule has 0 unspecified atom stereocenters. The van der Waals surface area contributed by atoms with Crippen LogP contribution >= 0.6 is 11.6 Å². The first kappa shape index (κ1) is 24.7. The molecule has 1 aromatic carbocycles. The molecule has 3 aromatic rings. The van der Waals surface area contributed by atoms with Gasteiger partial charge in [-0.25, -0.2) is 9.97 Å². The highest BCUT2D eigenvalue weighted by Gasteiger charge is 2.09. The molecule has 0 aliphatic heterocycles. The van der Waals surface area contributed by atoms with Crippen LogP contribution in [-0.4, -0.2) is 41.3 Å². The Bertz CT molecular complexity index is 884. The Morgan fingerprint density at radius 3 is 2.45 bits per heavy atom. The zero-order valence-corrected chi connectivity index (χ0v) is 19.6. The van der Waals surface area contributed by atoms with Crippen LogP contribution in [0.3, 0.4) is 0 Å². The van der Waals surface area contributed by atoms with E-state index >= 15 is 0 Å². The molecule has 2 heterocycles. The highest BCUT2D eigenvalue weighted by atomic mass is 35.5. The maximum Gasteiger partial charge on any atom is 0.148 e. The molecule has 0 atom stereocenters. The third-order valence-corrected chi connectivity index (χ3v) is 5.31. The van der Waals surface area contributed by atoms with E-state index in [1.807, 2.05) is 44.4 Å².